The highest BCUT2D eigenvalue weighted by molar-refractivity contribution is 5.96. The number of carbonyl (C=O) groups is 1. The Morgan fingerprint density at radius 3 is 2.54 bits per heavy atom. The van der Waals surface area contributed by atoms with Crippen LogP contribution in [0, 0.1) is 11.8 Å². The molecule has 3 nitrogen and oxygen atoms in total. The van der Waals surface area contributed by atoms with Crippen LogP contribution < -0.4 is 4.74 Å². The van der Waals surface area contributed by atoms with Crippen LogP contribution in [0.5, 0.6) is 5.75 Å². The molecule has 0 bridgehead atoms. The minimum absolute atomic E-state index is 0.0937. The number of aliphatic hydroxyl groups is 1. The van der Waals surface area contributed by atoms with Gasteiger partial charge in [-0.1, -0.05) is 42.5 Å². The van der Waals surface area contributed by atoms with Crippen LogP contribution in [0.4, 0.5) is 13.2 Å². The van der Waals surface area contributed by atoms with Crippen molar-refractivity contribution in [1.29, 1.82) is 0 Å². The van der Waals surface area contributed by atoms with Crippen molar-refractivity contribution >= 4 is 11.4 Å². The summed E-state index contributed by atoms with van der Waals surface area (Å²) in [7, 11) is 0. The number of rotatable bonds is 2. The van der Waals surface area contributed by atoms with Crippen LogP contribution in [0.2, 0.25) is 0 Å². The number of ether oxygens (including phenoxy) is 1. The van der Waals surface area contributed by atoms with Crippen molar-refractivity contribution in [2.75, 3.05) is 0 Å². The highest BCUT2D eigenvalue weighted by atomic mass is 19.4. The SMILES string of the molecule is O=C1CC2C(c3ccccc3)=CCC3c4ccc(OC(F)(F)F)cc4C1(O)C23. The molecular weight excluding hydrogens is 369 g/mol. The molecule has 6 heteroatoms. The molecule has 5 rings (SSSR count). The Hall–Kier alpha value is -2.60. The minimum atomic E-state index is -4.83. The lowest BCUT2D eigenvalue weighted by atomic mass is 9.70. The van der Waals surface area contributed by atoms with E-state index in [0.717, 1.165) is 16.7 Å². The van der Waals surface area contributed by atoms with Gasteiger partial charge in [-0.15, -0.1) is 13.2 Å². The number of ketones is 1. The van der Waals surface area contributed by atoms with E-state index in [1.54, 1.807) is 6.07 Å². The van der Waals surface area contributed by atoms with Crippen molar-refractivity contribution in [2.45, 2.75) is 30.7 Å². The van der Waals surface area contributed by atoms with E-state index in [9.17, 15) is 23.1 Å². The van der Waals surface area contributed by atoms with Gasteiger partial charge < -0.3 is 9.84 Å². The van der Waals surface area contributed by atoms with Crippen molar-refractivity contribution in [3.8, 4) is 5.75 Å². The molecule has 0 heterocycles. The summed E-state index contributed by atoms with van der Waals surface area (Å²) in [5.74, 6) is -1.36. The van der Waals surface area contributed by atoms with Crippen molar-refractivity contribution in [1.82, 2.24) is 0 Å². The van der Waals surface area contributed by atoms with E-state index in [2.05, 4.69) is 10.8 Å². The molecule has 0 spiro atoms. The van der Waals surface area contributed by atoms with Gasteiger partial charge in [-0.05, 0) is 52.7 Å². The lowest BCUT2D eigenvalue weighted by molar-refractivity contribution is -0.274. The van der Waals surface area contributed by atoms with E-state index in [-0.39, 0.29) is 35.5 Å². The van der Waals surface area contributed by atoms with Gasteiger partial charge in [0.2, 0.25) is 0 Å². The first-order valence-electron chi connectivity index (χ1n) is 9.20. The molecule has 4 unspecified atom stereocenters. The summed E-state index contributed by atoms with van der Waals surface area (Å²) in [5, 5.41) is 11.4. The predicted octanol–water partition coefficient (Wildman–Crippen LogP) is 4.56. The maximum absolute atomic E-state index is 12.9. The summed E-state index contributed by atoms with van der Waals surface area (Å²) < 4.78 is 41.9. The molecular formula is C22H17F3O3. The molecule has 1 N–H and O–H groups in total. The van der Waals surface area contributed by atoms with Crippen LogP contribution in [-0.4, -0.2) is 17.3 Å². The number of alkyl halides is 3. The number of allylic oxidation sites excluding steroid dienone is 2. The Morgan fingerprint density at radius 1 is 1.07 bits per heavy atom. The van der Waals surface area contributed by atoms with Gasteiger partial charge in [-0.3, -0.25) is 4.79 Å². The Bertz CT molecular complexity index is 996. The van der Waals surface area contributed by atoms with E-state index >= 15 is 0 Å². The van der Waals surface area contributed by atoms with Gasteiger partial charge in [0.05, 0.1) is 0 Å². The number of halogens is 3. The zero-order valence-corrected chi connectivity index (χ0v) is 14.7. The second kappa shape index (κ2) is 5.70. The third kappa shape index (κ3) is 2.37. The number of carbonyl (C=O) groups excluding carboxylic acids is 1. The van der Waals surface area contributed by atoms with Gasteiger partial charge in [-0.25, -0.2) is 0 Å². The van der Waals surface area contributed by atoms with Gasteiger partial charge in [0.1, 0.15) is 5.75 Å². The fourth-order valence-electron chi connectivity index (χ4n) is 5.38. The highest BCUT2D eigenvalue weighted by Crippen LogP contribution is 2.64. The van der Waals surface area contributed by atoms with Gasteiger partial charge in [-0.2, -0.15) is 0 Å². The Kier molecular flexibility index (Phi) is 3.56. The van der Waals surface area contributed by atoms with Crippen LogP contribution in [0.3, 0.4) is 0 Å². The minimum Gasteiger partial charge on any atom is -0.406 e. The topological polar surface area (TPSA) is 46.5 Å². The molecule has 0 radical (unpaired) electrons. The molecule has 1 saturated carbocycles. The van der Waals surface area contributed by atoms with Gasteiger partial charge in [0.15, 0.2) is 11.4 Å². The standard InChI is InChI=1S/C22H17F3O3/c23-22(24,25)28-13-6-7-15-16-9-8-14(12-4-2-1-3-5-12)17-11-19(26)21(27,20(16)17)18(15)10-13/h1-8,10,16-17,20,27H,9,11H2. The maximum Gasteiger partial charge on any atom is 0.573 e. The van der Waals surface area contributed by atoms with E-state index in [1.807, 2.05) is 30.3 Å². The first-order valence-corrected chi connectivity index (χ1v) is 9.20. The molecule has 1 fully saturated rings. The molecule has 0 aromatic heterocycles. The number of Topliss-reactive ketones (excluding diaryl/α,β-unsaturated/α-hetero) is 1. The maximum atomic E-state index is 12.9. The van der Waals surface area contributed by atoms with Crippen molar-refractivity contribution in [3.05, 3.63) is 71.3 Å². The normalized spacial score (nSPS) is 30.6. The third-order valence-corrected chi connectivity index (χ3v) is 6.35. The molecule has 3 aliphatic rings. The first kappa shape index (κ1) is 17.5. The fraction of sp³-hybridized carbons (Fsp3) is 0.318. The molecule has 2 aromatic carbocycles. The summed E-state index contributed by atoms with van der Waals surface area (Å²) in [6, 6.07) is 13.7. The summed E-state index contributed by atoms with van der Waals surface area (Å²) in [6.45, 7) is 0. The molecule has 0 aliphatic heterocycles. The second-order valence-electron chi connectivity index (χ2n) is 7.69. The van der Waals surface area contributed by atoms with Crippen molar-refractivity contribution in [2.24, 2.45) is 11.8 Å². The molecule has 3 aliphatic carbocycles. The van der Waals surface area contributed by atoms with E-state index in [0.29, 0.717) is 6.42 Å². The zero-order chi connectivity index (χ0) is 19.7. The quantitative estimate of drug-likeness (QED) is 0.823. The van der Waals surface area contributed by atoms with Gasteiger partial charge in [0, 0.05) is 12.3 Å². The Morgan fingerprint density at radius 2 is 1.82 bits per heavy atom. The van der Waals surface area contributed by atoms with Crippen LogP contribution in [0.15, 0.2) is 54.6 Å². The second-order valence-corrected chi connectivity index (χ2v) is 7.69. The van der Waals surface area contributed by atoms with Crippen LogP contribution >= 0.6 is 0 Å². The number of benzene rings is 2. The van der Waals surface area contributed by atoms with Gasteiger partial charge >= 0.3 is 6.36 Å². The Labute approximate surface area is 159 Å². The molecule has 0 amide bonds. The van der Waals surface area contributed by atoms with Crippen LogP contribution in [0.25, 0.3) is 5.57 Å². The van der Waals surface area contributed by atoms with Crippen LogP contribution in [-0.2, 0) is 10.4 Å². The average Bonchev–Trinajstić information content (AvgIpc) is 3.07. The Balaban J connectivity index is 1.60. The smallest absolute Gasteiger partial charge is 0.406 e. The zero-order valence-electron chi connectivity index (χ0n) is 14.7. The molecule has 4 atom stereocenters. The lowest BCUT2D eigenvalue weighted by Crippen LogP contribution is -2.36. The fourth-order valence-corrected chi connectivity index (χ4v) is 5.38. The van der Waals surface area contributed by atoms with Crippen molar-refractivity contribution in [3.63, 3.8) is 0 Å². The lowest BCUT2D eigenvalue weighted by Gasteiger charge is -2.34. The summed E-state index contributed by atoms with van der Waals surface area (Å²) >= 11 is 0. The summed E-state index contributed by atoms with van der Waals surface area (Å²) in [4.78, 5) is 12.9. The average molecular weight is 386 g/mol. The number of hydrogen-bond donors (Lipinski definition) is 1. The third-order valence-electron chi connectivity index (χ3n) is 6.35. The monoisotopic (exact) mass is 386 g/mol. The largest absolute Gasteiger partial charge is 0.573 e. The first-order chi connectivity index (χ1) is 13.3. The number of fused-ring (bicyclic) bond motifs is 3. The predicted molar refractivity (Wildman–Crippen MR) is 95.4 cm³/mol. The molecule has 28 heavy (non-hydrogen) atoms. The van der Waals surface area contributed by atoms with Crippen LogP contribution in [0.1, 0.15) is 35.4 Å². The van der Waals surface area contributed by atoms with Crippen molar-refractivity contribution < 1.29 is 27.8 Å². The van der Waals surface area contributed by atoms with Gasteiger partial charge in [0.25, 0.3) is 0 Å². The number of hydrogen-bond acceptors (Lipinski definition) is 3. The molecule has 0 saturated heterocycles. The van der Waals surface area contributed by atoms with E-state index in [1.165, 1.54) is 12.1 Å². The van der Waals surface area contributed by atoms with E-state index < -0.39 is 17.7 Å². The summed E-state index contributed by atoms with van der Waals surface area (Å²) in [6.07, 6.45) is -1.91. The highest BCUT2D eigenvalue weighted by Gasteiger charge is 2.64. The van der Waals surface area contributed by atoms with E-state index in [4.69, 9.17) is 0 Å². The molecule has 2 aromatic rings. The molecule has 144 valence electrons. The summed E-state index contributed by atoms with van der Waals surface area (Å²) in [5.41, 5.74) is 1.29.